The van der Waals surface area contributed by atoms with Crippen molar-refractivity contribution in [3.05, 3.63) is 29.8 Å². The maximum absolute atomic E-state index is 11.3. The zero-order valence-electron chi connectivity index (χ0n) is 12.5. The molecule has 0 aromatic heterocycles. The average Bonchev–Trinajstić information content (AvgIpc) is 2.74. The Balaban J connectivity index is 1.97. The molecule has 0 fully saturated rings. The van der Waals surface area contributed by atoms with E-state index < -0.39 is 11.5 Å². The monoisotopic (exact) mass is 276 g/mol. The standard InChI is InChI=1S/C16H24N2O2/c1-12-11-13-7-4-5-8-14(13)18(12)10-6-9-16(2,17-3)15(19)20/h4-5,7-8,12,17H,6,9-11H2,1-3H3,(H,19,20). The molecule has 110 valence electrons. The molecule has 2 N–H and O–H groups in total. The van der Waals surface area contributed by atoms with E-state index in [9.17, 15) is 9.90 Å². The molecule has 2 atom stereocenters. The van der Waals surface area contributed by atoms with E-state index in [2.05, 4.69) is 41.4 Å². The summed E-state index contributed by atoms with van der Waals surface area (Å²) in [6.45, 7) is 4.88. The van der Waals surface area contributed by atoms with Gasteiger partial charge in [0.1, 0.15) is 5.54 Å². The van der Waals surface area contributed by atoms with Gasteiger partial charge < -0.3 is 15.3 Å². The zero-order chi connectivity index (χ0) is 14.8. The normalized spacial score (nSPS) is 20.6. The van der Waals surface area contributed by atoms with Crippen molar-refractivity contribution in [3.63, 3.8) is 0 Å². The molecule has 0 saturated heterocycles. The van der Waals surface area contributed by atoms with Crippen molar-refractivity contribution in [1.82, 2.24) is 5.32 Å². The number of likely N-dealkylation sites (N-methyl/N-ethyl adjacent to an activating group) is 1. The van der Waals surface area contributed by atoms with Crippen molar-refractivity contribution in [2.75, 3.05) is 18.5 Å². The Kier molecular flexibility index (Phi) is 4.33. The van der Waals surface area contributed by atoms with Crippen molar-refractivity contribution in [3.8, 4) is 0 Å². The maximum Gasteiger partial charge on any atom is 0.323 e. The number of aliphatic carboxylic acids is 1. The van der Waals surface area contributed by atoms with E-state index in [-0.39, 0.29) is 0 Å². The Morgan fingerprint density at radius 1 is 1.50 bits per heavy atom. The number of nitrogens with zero attached hydrogens (tertiary/aromatic N) is 1. The second kappa shape index (κ2) is 5.83. The van der Waals surface area contributed by atoms with Gasteiger partial charge in [0.25, 0.3) is 0 Å². The number of fused-ring (bicyclic) bond motifs is 1. The lowest BCUT2D eigenvalue weighted by molar-refractivity contribution is -0.144. The minimum atomic E-state index is -0.831. The molecule has 1 aromatic rings. The van der Waals surface area contributed by atoms with Crippen LogP contribution in [0.25, 0.3) is 0 Å². The second-order valence-electron chi connectivity index (χ2n) is 5.87. The number of hydrogen-bond donors (Lipinski definition) is 2. The van der Waals surface area contributed by atoms with Gasteiger partial charge in [-0.05, 0) is 51.8 Å². The second-order valence-corrected chi connectivity index (χ2v) is 5.87. The van der Waals surface area contributed by atoms with Crippen LogP contribution in [0.5, 0.6) is 0 Å². The lowest BCUT2D eigenvalue weighted by Gasteiger charge is -2.28. The quantitative estimate of drug-likeness (QED) is 0.837. The van der Waals surface area contributed by atoms with Crippen LogP contribution in [0.4, 0.5) is 5.69 Å². The molecule has 1 aromatic carbocycles. The first-order valence-electron chi connectivity index (χ1n) is 7.25. The maximum atomic E-state index is 11.3. The Bertz CT molecular complexity index is 489. The Morgan fingerprint density at radius 2 is 2.20 bits per heavy atom. The van der Waals surface area contributed by atoms with Gasteiger partial charge in [0.05, 0.1) is 0 Å². The topological polar surface area (TPSA) is 52.6 Å². The molecular formula is C16H24N2O2. The molecule has 0 amide bonds. The first kappa shape index (κ1) is 14.9. The molecule has 0 aliphatic carbocycles. The lowest BCUT2D eigenvalue weighted by atomic mass is 9.96. The molecular weight excluding hydrogens is 252 g/mol. The summed E-state index contributed by atoms with van der Waals surface area (Å²) >= 11 is 0. The molecule has 4 heteroatoms. The number of nitrogens with one attached hydrogen (secondary N) is 1. The highest BCUT2D eigenvalue weighted by Gasteiger charge is 2.31. The molecule has 0 bridgehead atoms. The molecule has 0 radical (unpaired) electrons. The summed E-state index contributed by atoms with van der Waals surface area (Å²) < 4.78 is 0. The highest BCUT2D eigenvalue weighted by atomic mass is 16.4. The van der Waals surface area contributed by atoms with Crippen LogP contribution in [-0.4, -0.2) is 36.2 Å². The molecule has 4 nitrogen and oxygen atoms in total. The smallest absolute Gasteiger partial charge is 0.323 e. The van der Waals surface area contributed by atoms with Crippen molar-refractivity contribution in [1.29, 1.82) is 0 Å². The SMILES string of the molecule is CNC(C)(CCCN1c2ccccc2CC1C)C(=O)O. The molecule has 2 rings (SSSR count). The predicted molar refractivity (Wildman–Crippen MR) is 81.3 cm³/mol. The molecule has 0 saturated carbocycles. The first-order chi connectivity index (χ1) is 9.48. The third kappa shape index (κ3) is 2.80. The van der Waals surface area contributed by atoms with E-state index in [0.29, 0.717) is 12.5 Å². The number of carboxylic acid groups (broad SMARTS) is 1. The third-order valence-corrected chi connectivity index (χ3v) is 4.45. The summed E-state index contributed by atoms with van der Waals surface area (Å²) in [6.07, 6.45) is 2.57. The van der Waals surface area contributed by atoms with Crippen LogP contribution in [0, 0.1) is 0 Å². The Morgan fingerprint density at radius 3 is 2.85 bits per heavy atom. The molecule has 2 unspecified atom stereocenters. The van der Waals surface area contributed by atoms with Gasteiger partial charge in [-0.3, -0.25) is 4.79 Å². The van der Waals surface area contributed by atoms with Crippen LogP contribution >= 0.6 is 0 Å². The minimum Gasteiger partial charge on any atom is -0.480 e. The summed E-state index contributed by atoms with van der Waals surface area (Å²) in [7, 11) is 1.71. The highest BCUT2D eigenvalue weighted by molar-refractivity contribution is 5.78. The number of carboxylic acids is 1. The molecule has 1 aliphatic rings. The molecule has 20 heavy (non-hydrogen) atoms. The van der Waals surface area contributed by atoms with E-state index >= 15 is 0 Å². The fourth-order valence-electron chi connectivity index (χ4n) is 2.91. The average molecular weight is 276 g/mol. The van der Waals surface area contributed by atoms with Gasteiger partial charge >= 0.3 is 5.97 Å². The fraction of sp³-hybridized carbons (Fsp3) is 0.562. The lowest BCUT2D eigenvalue weighted by Crippen LogP contribution is -2.48. The molecule has 1 aliphatic heterocycles. The van der Waals surface area contributed by atoms with Gasteiger partial charge in [-0.1, -0.05) is 18.2 Å². The van der Waals surface area contributed by atoms with Crippen LogP contribution < -0.4 is 10.2 Å². The number of rotatable bonds is 6. The van der Waals surface area contributed by atoms with E-state index in [1.807, 2.05) is 0 Å². The predicted octanol–water partition coefficient (Wildman–Crippen LogP) is 2.28. The van der Waals surface area contributed by atoms with Gasteiger partial charge in [-0.25, -0.2) is 0 Å². The van der Waals surface area contributed by atoms with E-state index in [0.717, 1.165) is 19.4 Å². The first-order valence-corrected chi connectivity index (χ1v) is 7.25. The van der Waals surface area contributed by atoms with Gasteiger partial charge in [-0.15, -0.1) is 0 Å². The fourth-order valence-corrected chi connectivity index (χ4v) is 2.91. The van der Waals surface area contributed by atoms with E-state index in [4.69, 9.17) is 0 Å². The summed E-state index contributed by atoms with van der Waals surface area (Å²) in [5.74, 6) is -0.783. The number of hydrogen-bond acceptors (Lipinski definition) is 3. The summed E-state index contributed by atoms with van der Waals surface area (Å²) in [5, 5.41) is 12.2. The van der Waals surface area contributed by atoms with E-state index in [1.54, 1.807) is 14.0 Å². The van der Waals surface area contributed by atoms with Gasteiger partial charge in [-0.2, -0.15) is 0 Å². The third-order valence-electron chi connectivity index (χ3n) is 4.45. The number of para-hydroxylation sites is 1. The highest BCUT2D eigenvalue weighted by Crippen LogP contribution is 2.32. The number of carbonyl (C=O) groups is 1. The van der Waals surface area contributed by atoms with Crippen molar-refractivity contribution in [2.45, 2.75) is 44.7 Å². The Hall–Kier alpha value is -1.55. The van der Waals surface area contributed by atoms with Crippen LogP contribution in [0.1, 0.15) is 32.3 Å². The van der Waals surface area contributed by atoms with Crippen LogP contribution in [-0.2, 0) is 11.2 Å². The van der Waals surface area contributed by atoms with Crippen molar-refractivity contribution >= 4 is 11.7 Å². The van der Waals surface area contributed by atoms with Crippen LogP contribution in [0.15, 0.2) is 24.3 Å². The van der Waals surface area contributed by atoms with Gasteiger partial charge in [0, 0.05) is 18.3 Å². The van der Waals surface area contributed by atoms with Gasteiger partial charge in [0.15, 0.2) is 0 Å². The van der Waals surface area contributed by atoms with Crippen molar-refractivity contribution in [2.24, 2.45) is 0 Å². The number of anilines is 1. The minimum absolute atomic E-state index is 0.498. The zero-order valence-corrected chi connectivity index (χ0v) is 12.5. The summed E-state index contributed by atoms with van der Waals surface area (Å²) in [6, 6.07) is 8.99. The molecule has 1 heterocycles. The van der Waals surface area contributed by atoms with E-state index in [1.165, 1.54) is 11.3 Å². The summed E-state index contributed by atoms with van der Waals surface area (Å²) in [4.78, 5) is 13.7. The number of benzene rings is 1. The summed E-state index contributed by atoms with van der Waals surface area (Å²) in [5.41, 5.74) is 1.87. The molecule has 0 spiro atoms. The van der Waals surface area contributed by atoms with Gasteiger partial charge in [0.2, 0.25) is 0 Å². The van der Waals surface area contributed by atoms with Crippen molar-refractivity contribution < 1.29 is 9.90 Å². The van der Waals surface area contributed by atoms with Crippen LogP contribution in [0.2, 0.25) is 0 Å². The van der Waals surface area contributed by atoms with Crippen LogP contribution in [0.3, 0.4) is 0 Å². The largest absolute Gasteiger partial charge is 0.480 e. The Labute approximate surface area is 120 Å².